The van der Waals surface area contributed by atoms with Crippen LogP contribution in [0.1, 0.15) is 11.5 Å². The van der Waals surface area contributed by atoms with Crippen LogP contribution in [0.2, 0.25) is 5.02 Å². The Morgan fingerprint density at radius 3 is 1.96 bits per heavy atom. The first-order valence-corrected chi connectivity index (χ1v) is 8.05. The van der Waals surface area contributed by atoms with Gasteiger partial charge in [-0.3, -0.25) is 9.59 Å². The highest BCUT2D eigenvalue weighted by molar-refractivity contribution is 6.30. The molecule has 0 bridgehead atoms. The van der Waals surface area contributed by atoms with E-state index in [1.807, 2.05) is 36.4 Å². The third kappa shape index (κ3) is 3.49. The van der Waals surface area contributed by atoms with E-state index < -0.39 is 5.92 Å². The number of rotatable bonds is 5. The summed E-state index contributed by atoms with van der Waals surface area (Å²) < 4.78 is 5.15. The van der Waals surface area contributed by atoms with Crippen molar-refractivity contribution in [1.29, 1.82) is 0 Å². The fraction of sp³-hybridized carbons (Fsp3) is 0.100. The highest BCUT2D eigenvalue weighted by atomic mass is 35.5. The van der Waals surface area contributed by atoms with Gasteiger partial charge in [-0.2, -0.15) is 0 Å². The summed E-state index contributed by atoms with van der Waals surface area (Å²) in [5.41, 5.74) is 2.68. The summed E-state index contributed by atoms with van der Waals surface area (Å²) in [6.45, 7) is 0. The van der Waals surface area contributed by atoms with Crippen molar-refractivity contribution in [2.75, 3.05) is 12.0 Å². The summed E-state index contributed by atoms with van der Waals surface area (Å²) in [5.74, 6) is 0.334. The van der Waals surface area contributed by atoms with E-state index in [1.165, 1.54) is 0 Å². The monoisotopic (exact) mass is 353 g/mol. The van der Waals surface area contributed by atoms with E-state index in [2.05, 4.69) is 0 Å². The SMILES string of the molecule is COc1ccc(N2C=C(C=O)C(c3ccc(Cl)cc3)C(C=O)=C2)cc1. The van der Waals surface area contributed by atoms with Gasteiger partial charge >= 0.3 is 0 Å². The van der Waals surface area contributed by atoms with Gasteiger partial charge in [0.25, 0.3) is 0 Å². The fourth-order valence-corrected chi connectivity index (χ4v) is 2.97. The molecule has 0 radical (unpaired) electrons. The number of halogens is 1. The molecule has 0 saturated carbocycles. The number of hydrogen-bond donors (Lipinski definition) is 0. The normalized spacial score (nSPS) is 14.6. The average Bonchev–Trinajstić information content (AvgIpc) is 2.67. The molecule has 4 nitrogen and oxygen atoms in total. The largest absolute Gasteiger partial charge is 0.497 e. The zero-order valence-corrected chi connectivity index (χ0v) is 14.3. The minimum Gasteiger partial charge on any atom is -0.497 e. The molecule has 1 heterocycles. The Morgan fingerprint density at radius 2 is 1.48 bits per heavy atom. The highest BCUT2D eigenvalue weighted by Crippen LogP contribution is 2.36. The van der Waals surface area contributed by atoms with Crippen LogP contribution in [-0.2, 0) is 9.59 Å². The average molecular weight is 354 g/mol. The second-order valence-corrected chi connectivity index (χ2v) is 6.02. The Balaban J connectivity index is 2.00. The van der Waals surface area contributed by atoms with E-state index in [4.69, 9.17) is 16.3 Å². The van der Waals surface area contributed by atoms with Crippen LogP contribution in [0.3, 0.4) is 0 Å². The summed E-state index contributed by atoms with van der Waals surface area (Å²) >= 11 is 5.93. The number of benzene rings is 2. The second kappa shape index (κ2) is 7.36. The van der Waals surface area contributed by atoms with E-state index >= 15 is 0 Å². The van der Waals surface area contributed by atoms with Crippen molar-refractivity contribution in [2.45, 2.75) is 5.92 Å². The molecule has 5 heteroatoms. The second-order valence-electron chi connectivity index (χ2n) is 5.58. The Morgan fingerprint density at radius 1 is 0.920 bits per heavy atom. The fourth-order valence-electron chi connectivity index (χ4n) is 2.84. The van der Waals surface area contributed by atoms with Crippen LogP contribution in [0.4, 0.5) is 5.69 Å². The molecule has 0 atom stereocenters. The van der Waals surface area contributed by atoms with Crippen LogP contribution < -0.4 is 9.64 Å². The van der Waals surface area contributed by atoms with Gasteiger partial charge in [-0.25, -0.2) is 0 Å². The van der Waals surface area contributed by atoms with E-state index in [9.17, 15) is 9.59 Å². The molecule has 2 aromatic rings. The zero-order chi connectivity index (χ0) is 17.8. The molecule has 0 unspecified atom stereocenters. The lowest BCUT2D eigenvalue weighted by Crippen LogP contribution is -2.21. The molecule has 0 fully saturated rings. The van der Waals surface area contributed by atoms with E-state index in [1.54, 1.807) is 36.5 Å². The van der Waals surface area contributed by atoms with Crippen molar-refractivity contribution in [2.24, 2.45) is 0 Å². The summed E-state index contributed by atoms with van der Waals surface area (Å²) in [4.78, 5) is 25.1. The Labute approximate surface area is 151 Å². The number of hydrogen-bond acceptors (Lipinski definition) is 4. The topological polar surface area (TPSA) is 46.6 Å². The van der Waals surface area contributed by atoms with Gasteiger partial charge in [0.1, 0.15) is 18.3 Å². The standard InChI is InChI=1S/C20H16ClNO3/c1-25-19-8-6-18(7-9-19)22-10-15(12-23)20(16(11-22)13-24)14-2-4-17(21)5-3-14/h2-13,20H,1H3. The van der Waals surface area contributed by atoms with E-state index in [0.29, 0.717) is 16.2 Å². The molecule has 2 aromatic carbocycles. The summed E-state index contributed by atoms with van der Waals surface area (Å²) in [5, 5.41) is 0.604. The summed E-state index contributed by atoms with van der Waals surface area (Å²) in [7, 11) is 1.60. The predicted octanol–water partition coefficient (Wildman–Crippen LogP) is 4.12. The lowest BCUT2D eigenvalue weighted by atomic mass is 9.84. The molecule has 1 aliphatic rings. The van der Waals surface area contributed by atoms with E-state index in [0.717, 1.165) is 29.6 Å². The maximum atomic E-state index is 11.7. The first kappa shape index (κ1) is 17.0. The van der Waals surface area contributed by atoms with Gasteiger partial charge in [0.15, 0.2) is 0 Å². The molecular weight excluding hydrogens is 338 g/mol. The van der Waals surface area contributed by atoms with Crippen LogP contribution in [0.25, 0.3) is 0 Å². The molecule has 3 rings (SSSR count). The van der Waals surface area contributed by atoms with Crippen LogP contribution in [-0.4, -0.2) is 19.7 Å². The minimum atomic E-state index is -0.401. The summed E-state index contributed by atoms with van der Waals surface area (Å²) in [6, 6.07) is 14.5. The zero-order valence-electron chi connectivity index (χ0n) is 13.6. The van der Waals surface area contributed by atoms with Crippen LogP contribution in [0.5, 0.6) is 5.75 Å². The number of carbonyl (C=O) groups excluding carboxylic acids is 2. The molecule has 1 aliphatic heterocycles. The van der Waals surface area contributed by atoms with Gasteiger partial charge in [0.05, 0.1) is 7.11 Å². The van der Waals surface area contributed by atoms with Crippen molar-refractivity contribution in [3.05, 3.63) is 82.7 Å². The van der Waals surface area contributed by atoms with Crippen molar-refractivity contribution < 1.29 is 14.3 Å². The van der Waals surface area contributed by atoms with Gasteiger partial charge in [-0.1, -0.05) is 23.7 Å². The van der Waals surface area contributed by atoms with Gasteiger partial charge in [-0.15, -0.1) is 0 Å². The quantitative estimate of drug-likeness (QED) is 0.759. The molecule has 0 amide bonds. The first-order chi connectivity index (χ1) is 12.2. The van der Waals surface area contributed by atoms with Crippen molar-refractivity contribution in [3.8, 4) is 5.75 Å². The molecule has 126 valence electrons. The van der Waals surface area contributed by atoms with Crippen LogP contribution >= 0.6 is 11.6 Å². The summed E-state index contributed by atoms with van der Waals surface area (Å²) in [6.07, 6.45) is 5.04. The molecule has 0 spiro atoms. The number of methoxy groups -OCH3 is 1. The Bertz CT molecular complexity index is 812. The molecule has 0 aromatic heterocycles. The number of ether oxygens (including phenoxy) is 1. The van der Waals surface area contributed by atoms with Gasteiger partial charge in [0.2, 0.25) is 0 Å². The number of nitrogens with zero attached hydrogens (tertiary/aromatic N) is 1. The molecular formula is C20H16ClNO3. The van der Waals surface area contributed by atoms with Crippen molar-refractivity contribution in [1.82, 2.24) is 0 Å². The lowest BCUT2D eigenvalue weighted by molar-refractivity contribution is -0.105. The van der Waals surface area contributed by atoms with Crippen molar-refractivity contribution >= 4 is 29.9 Å². The number of allylic oxidation sites excluding steroid dienone is 2. The van der Waals surface area contributed by atoms with Gasteiger partial charge in [-0.05, 0) is 42.0 Å². The van der Waals surface area contributed by atoms with Crippen LogP contribution in [0, 0.1) is 0 Å². The highest BCUT2D eigenvalue weighted by Gasteiger charge is 2.26. The third-order valence-corrected chi connectivity index (χ3v) is 4.34. The number of aldehydes is 2. The maximum absolute atomic E-state index is 11.7. The van der Waals surface area contributed by atoms with Crippen molar-refractivity contribution in [3.63, 3.8) is 0 Å². The van der Waals surface area contributed by atoms with Crippen LogP contribution in [0.15, 0.2) is 72.1 Å². The third-order valence-electron chi connectivity index (χ3n) is 4.09. The lowest BCUT2D eigenvalue weighted by Gasteiger charge is -2.28. The number of carbonyl (C=O) groups is 2. The van der Waals surface area contributed by atoms with Gasteiger partial charge in [0, 0.05) is 40.2 Å². The van der Waals surface area contributed by atoms with Gasteiger partial charge < -0.3 is 9.64 Å². The predicted molar refractivity (Wildman–Crippen MR) is 98.0 cm³/mol. The molecule has 25 heavy (non-hydrogen) atoms. The Kier molecular flexibility index (Phi) is 5.00. The molecule has 0 aliphatic carbocycles. The smallest absolute Gasteiger partial charge is 0.148 e. The Hall–Kier alpha value is -2.85. The number of anilines is 1. The minimum absolute atomic E-state index is 0.401. The van der Waals surface area contributed by atoms with E-state index in [-0.39, 0.29) is 0 Å². The molecule has 0 saturated heterocycles. The maximum Gasteiger partial charge on any atom is 0.148 e. The molecule has 0 N–H and O–H groups in total. The first-order valence-electron chi connectivity index (χ1n) is 7.68.